The van der Waals surface area contributed by atoms with Crippen LogP contribution in [-0.4, -0.2) is 6.61 Å². The molecule has 15 heavy (non-hydrogen) atoms. The summed E-state index contributed by atoms with van der Waals surface area (Å²) in [6.07, 6.45) is 1.52. The van der Waals surface area contributed by atoms with E-state index in [4.69, 9.17) is 11.6 Å². The molecule has 0 aromatic heterocycles. The van der Waals surface area contributed by atoms with Gasteiger partial charge >= 0.3 is 0 Å². The van der Waals surface area contributed by atoms with Crippen LogP contribution in [0.1, 0.15) is 12.0 Å². The molecule has 1 nitrogen and oxygen atoms in total. The fraction of sp³-hybridized carbons (Fsp3) is 0.231. The van der Waals surface area contributed by atoms with Crippen LogP contribution in [-0.2, 0) is 11.5 Å². The molecule has 0 aliphatic carbocycles. The monoisotopic (exact) mass is 219 g/mol. The smallest absolute Gasteiger partial charge is 0.0825 e. The minimum absolute atomic E-state index is 0.0169. The van der Waals surface area contributed by atoms with Crippen molar-refractivity contribution < 1.29 is 5.11 Å². The van der Waals surface area contributed by atoms with Gasteiger partial charge in [-0.25, -0.2) is 5.11 Å². The van der Waals surface area contributed by atoms with Crippen molar-refractivity contribution in [3.63, 3.8) is 0 Å². The summed E-state index contributed by atoms with van der Waals surface area (Å²) in [5.74, 6) is 0. The van der Waals surface area contributed by atoms with E-state index in [2.05, 4.69) is 12.1 Å². The average Bonchev–Trinajstić information content (AvgIpc) is 2.27. The maximum atomic E-state index is 10.5. The summed E-state index contributed by atoms with van der Waals surface area (Å²) < 4.78 is 0. The Morgan fingerprint density at radius 1 is 1.00 bits per heavy atom. The van der Waals surface area contributed by atoms with E-state index < -0.39 is 0 Å². The highest BCUT2D eigenvalue weighted by molar-refractivity contribution is 6.35. The molecular formula is C13H12ClO. The summed E-state index contributed by atoms with van der Waals surface area (Å²) in [7, 11) is 0. The van der Waals surface area contributed by atoms with Crippen molar-refractivity contribution in [1.29, 1.82) is 0 Å². The first-order valence-electron chi connectivity index (χ1n) is 5.07. The van der Waals surface area contributed by atoms with Crippen LogP contribution in [0.4, 0.5) is 0 Å². The van der Waals surface area contributed by atoms with E-state index in [1.165, 1.54) is 10.9 Å². The molecule has 2 aromatic carbocycles. The van der Waals surface area contributed by atoms with Crippen molar-refractivity contribution in [2.24, 2.45) is 0 Å². The molecule has 0 fully saturated rings. The van der Waals surface area contributed by atoms with Gasteiger partial charge in [0, 0.05) is 10.4 Å². The average molecular weight is 220 g/mol. The predicted molar refractivity (Wildman–Crippen MR) is 62.8 cm³/mol. The third-order valence-electron chi connectivity index (χ3n) is 2.55. The largest absolute Gasteiger partial charge is 0.237 e. The van der Waals surface area contributed by atoms with E-state index in [0.29, 0.717) is 6.42 Å². The summed E-state index contributed by atoms with van der Waals surface area (Å²) in [5, 5.41) is 13.5. The molecule has 0 aliphatic rings. The molecule has 0 spiro atoms. The van der Waals surface area contributed by atoms with Gasteiger partial charge in [-0.15, -0.1) is 0 Å². The van der Waals surface area contributed by atoms with Crippen molar-refractivity contribution in [2.75, 3.05) is 6.61 Å². The Hall–Kier alpha value is -1.05. The van der Waals surface area contributed by atoms with Crippen LogP contribution in [0.5, 0.6) is 0 Å². The highest BCUT2D eigenvalue weighted by Gasteiger charge is 2.02. The van der Waals surface area contributed by atoms with Gasteiger partial charge in [-0.05, 0) is 29.9 Å². The fourth-order valence-electron chi connectivity index (χ4n) is 1.82. The first-order valence-corrected chi connectivity index (χ1v) is 5.45. The van der Waals surface area contributed by atoms with Gasteiger partial charge in [0.2, 0.25) is 0 Å². The zero-order valence-corrected chi connectivity index (χ0v) is 9.13. The molecule has 2 rings (SSSR count). The van der Waals surface area contributed by atoms with E-state index >= 15 is 0 Å². The third-order valence-corrected chi connectivity index (χ3v) is 2.88. The lowest BCUT2D eigenvalue weighted by molar-refractivity contribution is 0.189. The Morgan fingerprint density at radius 3 is 2.53 bits per heavy atom. The fourth-order valence-corrected chi connectivity index (χ4v) is 2.05. The minimum atomic E-state index is -0.0169. The molecule has 0 unspecified atom stereocenters. The SMILES string of the molecule is [O]CCCc1cccc2c(Cl)cccc12. The van der Waals surface area contributed by atoms with Crippen molar-refractivity contribution in [2.45, 2.75) is 12.8 Å². The lowest BCUT2D eigenvalue weighted by atomic mass is 10.0. The first kappa shape index (κ1) is 10.5. The number of rotatable bonds is 3. The highest BCUT2D eigenvalue weighted by atomic mass is 35.5. The Labute approximate surface area is 94.3 Å². The van der Waals surface area contributed by atoms with E-state index in [0.717, 1.165) is 16.8 Å². The van der Waals surface area contributed by atoms with Gasteiger partial charge in [-0.2, -0.15) is 0 Å². The molecule has 0 saturated heterocycles. The Bertz CT molecular complexity index is 465. The predicted octanol–water partition coefficient (Wildman–Crippen LogP) is 3.86. The Kier molecular flexibility index (Phi) is 3.24. The molecule has 0 saturated carbocycles. The second-order valence-electron chi connectivity index (χ2n) is 3.56. The number of aryl methyl sites for hydroxylation is 1. The van der Waals surface area contributed by atoms with E-state index in [-0.39, 0.29) is 6.61 Å². The molecular weight excluding hydrogens is 208 g/mol. The lowest BCUT2D eigenvalue weighted by Gasteiger charge is -2.06. The minimum Gasteiger partial charge on any atom is -0.237 e. The normalized spacial score (nSPS) is 10.8. The quantitative estimate of drug-likeness (QED) is 0.747. The van der Waals surface area contributed by atoms with E-state index in [9.17, 15) is 5.11 Å². The second-order valence-corrected chi connectivity index (χ2v) is 3.97. The van der Waals surface area contributed by atoms with E-state index in [1.54, 1.807) is 0 Å². The Balaban J connectivity index is 2.51. The van der Waals surface area contributed by atoms with Gasteiger partial charge in [0.05, 0.1) is 6.61 Å². The number of fused-ring (bicyclic) bond motifs is 1. The number of halogens is 1. The molecule has 0 amide bonds. The van der Waals surface area contributed by atoms with Gasteiger partial charge in [0.25, 0.3) is 0 Å². The zero-order valence-electron chi connectivity index (χ0n) is 8.37. The summed E-state index contributed by atoms with van der Waals surface area (Å²) >= 11 is 6.10. The van der Waals surface area contributed by atoms with E-state index in [1.807, 2.05) is 24.3 Å². The van der Waals surface area contributed by atoms with Crippen LogP contribution in [0.25, 0.3) is 10.8 Å². The molecule has 1 radical (unpaired) electrons. The van der Waals surface area contributed by atoms with Crippen molar-refractivity contribution >= 4 is 22.4 Å². The second kappa shape index (κ2) is 4.65. The van der Waals surface area contributed by atoms with Gasteiger partial charge in [0.1, 0.15) is 0 Å². The van der Waals surface area contributed by atoms with Crippen molar-refractivity contribution in [1.82, 2.24) is 0 Å². The molecule has 2 aromatic rings. The van der Waals surface area contributed by atoms with Gasteiger partial charge in [-0.3, -0.25) is 0 Å². The van der Waals surface area contributed by atoms with Crippen molar-refractivity contribution in [3.8, 4) is 0 Å². The molecule has 0 atom stereocenters. The summed E-state index contributed by atoms with van der Waals surface area (Å²) in [6.45, 7) is -0.0169. The molecule has 77 valence electrons. The molecule has 0 aliphatic heterocycles. The van der Waals surface area contributed by atoms with Crippen LogP contribution in [0, 0.1) is 0 Å². The number of benzene rings is 2. The van der Waals surface area contributed by atoms with Gasteiger partial charge in [0.15, 0.2) is 0 Å². The molecule has 2 heteroatoms. The maximum Gasteiger partial charge on any atom is 0.0825 e. The summed E-state index contributed by atoms with van der Waals surface area (Å²) in [6, 6.07) is 12.0. The third kappa shape index (κ3) is 2.14. The van der Waals surface area contributed by atoms with Crippen LogP contribution in [0.15, 0.2) is 36.4 Å². The van der Waals surface area contributed by atoms with Crippen LogP contribution in [0.3, 0.4) is 0 Å². The van der Waals surface area contributed by atoms with Gasteiger partial charge < -0.3 is 0 Å². The topological polar surface area (TPSA) is 19.9 Å². The molecule has 0 bridgehead atoms. The first-order chi connectivity index (χ1) is 7.33. The standard InChI is InChI=1S/C13H12ClO/c14-13-8-2-6-11-10(5-3-9-15)4-1-7-12(11)13/h1-2,4,6-8H,3,5,9H2. The van der Waals surface area contributed by atoms with Crippen LogP contribution in [0.2, 0.25) is 5.02 Å². The van der Waals surface area contributed by atoms with Crippen LogP contribution < -0.4 is 0 Å². The highest BCUT2D eigenvalue weighted by Crippen LogP contribution is 2.26. The maximum absolute atomic E-state index is 10.5. The zero-order chi connectivity index (χ0) is 10.7. The van der Waals surface area contributed by atoms with Gasteiger partial charge in [-0.1, -0.05) is 41.9 Å². The van der Waals surface area contributed by atoms with Crippen LogP contribution >= 0.6 is 11.6 Å². The molecule has 0 heterocycles. The summed E-state index contributed by atoms with van der Waals surface area (Å²) in [5.41, 5.74) is 1.21. The number of hydrogen-bond donors (Lipinski definition) is 0. The number of hydrogen-bond acceptors (Lipinski definition) is 0. The lowest BCUT2D eigenvalue weighted by Crippen LogP contribution is -1.90. The van der Waals surface area contributed by atoms with Crippen molar-refractivity contribution in [3.05, 3.63) is 47.0 Å². The molecule has 0 N–H and O–H groups in total. The Morgan fingerprint density at radius 2 is 1.73 bits per heavy atom. The summed E-state index contributed by atoms with van der Waals surface area (Å²) in [4.78, 5) is 0.